The zero-order chi connectivity index (χ0) is 18.1. The van der Waals surface area contributed by atoms with Crippen LogP contribution >= 0.6 is 0 Å². The molecule has 26 heavy (non-hydrogen) atoms. The van der Waals surface area contributed by atoms with Crippen LogP contribution in [0.4, 0.5) is 11.4 Å². The average molecular weight is 344 g/mol. The zero-order valence-electron chi connectivity index (χ0n) is 14.3. The molecule has 3 aromatic rings. The second kappa shape index (κ2) is 6.52. The predicted octanol–water partition coefficient (Wildman–Crippen LogP) is 3.73. The molecule has 1 amide bonds. The van der Waals surface area contributed by atoms with Crippen molar-refractivity contribution in [3.8, 4) is 0 Å². The van der Waals surface area contributed by atoms with Crippen molar-refractivity contribution in [3.05, 3.63) is 71.3 Å². The van der Waals surface area contributed by atoms with Gasteiger partial charge >= 0.3 is 0 Å². The summed E-state index contributed by atoms with van der Waals surface area (Å²) in [7, 11) is 0. The highest BCUT2D eigenvalue weighted by atomic mass is 16.1. The Labute approximate surface area is 151 Å². The van der Waals surface area contributed by atoms with Crippen molar-refractivity contribution < 1.29 is 4.79 Å². The molecular formula is C21H20N4O. The van der Waals surface area contributed by atoms with Crippen LogP contribution in [-0.4, -0.2) is 18.3 Å². The second-order valence-electron chi connectivity index (χ2n) is 6.55. The van der Waals surface area contributed by atoms with Crippen molar-refractivity contribution in [1.82, 2.24) is 0 Å². The van der Waals surface area contributed by atoms with E-state index in [-0.39, 0.29) is 11.7 Å². The fourth-order valence-electron chi connectivity index (χ4n) is 3.31. The van der Waals surface area contributed by atoms with Gasteiger partial charge in [0.05, 0.1) is 0 Å². The minimum atomic E-state index is -0.133. The molecule has 4 rings (SSSR count). The number of fused-ring (bicyclic) bond motifs is 2. The fraction of sp³-hybridized carbons (Fsp3) is 0.143. The first-order valence-electron chi connectivity index (χ1n) is 8.66. The number of nitrogen functional groups attached to an aromatic ring is 1. The van der Waals surface area contributed by atoms with Crippen molar-refractivity contribution in [1.29, 1.82) is 5.41 Å². The quantitative estimate of drug-likeness (QED) is 0.431. The first-order chi connectivity index (χ1) is 12.6. The van der Waals surface area contributed by atoms with Gasteiger partial charge in [-0.3, -0.25) is 10.2 Å². The molecule has 0 unspecified atom stereocenters. The third-order valence-corrected chi connectivity index (χ3v) is 4.71. The van der Waals surface area contributed by atoms with E-state index in [1.165, 1.54) is 5.56 Å². The van der Waals surface area contributed by atoms with Crippen LogP contribution in [-0.2, 0) is 6.42 Å². The van der Waals surface area contributed by atoms with Gasteiger partial charge in [-0.2, -0.15) is 0 Å². The van der Waals surface area contributed by atoms with Gasteiger partial charge in [-0.15, -0.1) is 0 Å². The summed E-state index contributed by atoms with van der Waals surface area (Å²) in [5.74, 6) is -0.0955. The molecule has 3 aromatic carbocycles. The van der Waals surface area contributed by atoms with E-state index in [0.29, 0.717) is 11.1 Å². The standard InChI is InChI=1S/C21H20N4O/c22-20(23)16-5-3-14-11-17(6-4-13(14)10-16)21(26)25-18-7-8-19-15(12-18)2-1-9-24-19/h3-8,10-12,24H,1-2,9H2,(H3,22,23)(H,25,26). The molecule has 0 bridgehead atoms. The Hall–Kier alpha value is -3.34. The van der Waals surface area contributed by atoms with Gasteiger partial charge in [0.2, 0.25) is 0 Å². The summed E-state index contributed by atoms with van der Waals surface area (Å²) < 4.78 is 0. The lowest BCUT2D eigenvalue weighted by Gasteiger charge is -2.18. The highest BCUT2D eigenvalue weighted by Gasteiger charge is 2.12. The molecule has 0 saturated heterocycles. The number of hydrogen-bond donors (Lipinski definition) is 4. The molecule has 5 N–H and O–H groups in total. The van der Waals surface area contributed by atoms with Crippen molar-refractivity contribution in [2.24, 2.45) is 5.73 Å². The predicted molar refractivity (Wildman–Crippen MR) is 106 cm³/mol. The molecule has 1 heterocycles. The molecule has 5 nitrogen and oxygen atoms in total. The molecule has 1 aliphatic heterocycles. The van der Waals surface area contributed by atoms with Crippen LogP contribution < -0.4 is 16.4 Å². The van der Waals surface area contributed by atoms with Gasteiger partial charge in [-0.25, -0.2) is 0 Å². The maximum absolute atomic E-state index is 12.6. The lowest BCUT2D eigenvalue weighted by Crippen LogP contribution is -2.14. The number of carbonyl (C=O) groups excluding carboxylic acids is 1. The molecule has 0 aromatic heterocycles. The summed E-state index contributed by atoms with van der Waals surface area (Å²) in [4.78, 5) is 12.6. The number of benzene rings is 3. The van der Waals surface area contributed by atoms with Gasteiger partial charge in [-0.05, 0) is 65.6 Å². The molecule has 0 saturated carbocycles. The topological polar surface area (TPSA) is 91.0 Å². The van der Waals surface area contributed by atoms with E-state index in [4.69, 9.17) is 11.1 Å². The summed E-state index contributed by atoms with van der Waals surface area (Å²) in [6, 6.07) is 17.1. The molecule has 0 spiro atoms. The number of carbonyl (C=O) groups is 1. The molecule has 0 radical (unpaired) electrons. The van der Waals surface area contributed by atoms with Crippen molar-refractivity contribution in [2.45, 2.75) is 12.8 Å². The van der Waals surface area contributed by atoms with Gasteiger partial charge in [0.1, 0.15) is 5.84 Å². The van der Waals surface area contributed by atoms with Crippen LogP contribution in [0, 0.1) is 5.41 Å². The second-order valence-corrected chi connectivity index (χ2v) is 6.55. The highest BCUT2D eigenvalue weighted by molar-refractivity contribution is 6.07. The molecule has 130 valence electrons. The highest BCUT2D eigenvalue weighted by Crippen LogP contribution is 2.26. The van der Waals surface area contributed by atoms with Crippen molar-refractivity contribution in [2.75, 3.05) is 17.2 Å². The van der Waals surface area contributed by atoms with E-state index in [1.807, 2.05) is 42.5 Å². The minimum Gasteiger partial charge on any atom is -0.385 e. The van der Waals surface area contributed by atoms with E-state index in [2.05, 4.69) is 10.6 Å². The van der Waals surface area contributed by atoms with Gasteiger partial charge in [0, 0.05) is 29.0 Å². The number of rotatable bonds is 3. The maximum Gasteiger partial charge on any atom is 0.255 e. The van der Waals surface area contributed by atoms with E-state index >= 15 is 0 Å². The first-order valence-corrected chi connectivity index (χ1v) is 8.66. The maximum atomic E-state index is 12.6. The molecule has 5 heteroatoms. The van der Waals surface area contributed by atoms with Gasteiger partial charge in [0.15, 0.2) is 0 Å². The van der Waals surface area contributed by atoms with Gasteiger partial charge < -0.3 is 16.4 Å². The van der Waals surface area contributed by atoms with Crippen LogP contribution in [0.5, 0.6) is 0 Å². The Morgan fingerprint density at radius 2 is 1.73 bits per heavy atom. The third kappa shape index (κ3) is 3.11. The molecule has 0 atom stereocenters. The van der Waals surface area contributed by atoms with Crippen LogP contribution in [0.15, 0.2) is 54.6 Å². The summed E-state index contributed by atoms with van der Waals surface area (Å²) >= 11 is 0. The van der Waals surface area contributed by atoms with E-state index in [0.717, 1.165) is 41.5 Å². The molecular weight excluding hydrogens is 324 g/mol. The number of nitrogens with two attached hydrogens (primary N) is 1. The van der Waals surface area contributed by atoms with Crippen LogP contribution in [0.1, 0.15) is 27.9 Å². The smallest absolute Gasteiger partial charge is 0.255 e. The Balaban J connectivity index is 1.58. The fourth-order valence-corrected chi connectivity index (χ4v) is 3.31. The Morgan fingerprint density at radius 1 is 1.00 bits per heavy atom. The van der Waals surface area contributed by atoms with Gasteiger partial charge in [-0.1, -0.05) is 18.2 Å². The summed E-state index contributed by atoms with van der Waals surface area (Å²) in [6.07, 6.45) is 2.14. The third-order valence-electron chi connectivity index (χ3n) is 4.71. The van der Waals surface area contributed by atoms with E-state index < -0.39 is 0 Å². The molecule has 0 fully saturated rings. The summed E-state index contributed by atoms with van der Waals surface area (Å²) in [5.41, 5.74) is 10.0. The monoisotopic (exact) mass is 344 g/mol. The Kier molecular flexibility index (Phi) is 4.05. The number of anilines is 2. The number of amides is 1. The summed E-state index contributed by atoms with van der Waals surface area (Å²) in [5, 5.41) is 15.8. The van der Waals surface area contributed by atoms with Crippen LogP contribution in [0.2, 0.25) is 0 Å². The minimum absolute atomic E-state index is 0.0376. The van der Waals surface area contributed by atoms with E-state index in [9.17, 15) is 4.79 Å². The lowest BCUT2D eigenvalue weighted by atomic mass is 10.0. The zero-order valence-corrected chi connectivity index (χ0v) is 14.3. The number of nitrogens with one attached hydrogen (secondary N) is 3. The number of amidine groups is 1. The first kappa shape index (κ1) is 16.1. The lowest BCUT2D eigenvalue weighted by molar-refractivity contribution is 0.102. The number of hydrogen-bond acceptors (Lipinski definition) is 3. The van der Waals surface area contributed by atoms with Gasteiger partial charge in [0.25, 0.3) is 5.91 Å². The molecule has 1 aliphatic rings. The largest absolute Gasteiger partial charge is 0.385 e. The number of aryl methyl sites for hydroxylation is 1. The SMILES string of the molecule is N=C(N)c1ccc2cc(C(=O)Nc3ccc4c(c3)CCCN4)ccc2c1. The Bertz CT molecular complexity index is 1030. The Morgan fingerprint density at radius 3 is 2.50 bits per heavy atom. The van der Waals surface area contributed by atoms with Crippen molar-refractivity contribution >= 4 is 33.9 Å². The molecule has 0 aliphatic carbocycles. The normalized spacial score (nSPS) is 12.9. The van der Waals surface area contributed by atoms with E-state index in [1.54, 1.807) is 12.1 Å². The summed E-state index contributed by atoms with van der Waals surface area (Å²) in [6.45, 7) is 1.00. The van der Waals surface area contributed by atoms with Crippen LogP contribution in [0.25, 0.3) is 10.8 Å². The van der Waals surface area contributed by atoms with Crippen LogP contribution in [0.3, 0.4) is 0 Å². The average Bonchev–Trinajstić information content (AvgIpc) is 2.67. The van der Waals surface area contributed by atoms with Crippen molar-refractivity contribution in [3.63, 3.8) is 0 Å².